The molecule has 1 N–H and O–H groups in total. The van der Waals surface area contributed by atoms with E-state index in [2.05, 4.69) is 18.3 Å². The van der Waals surface area contributed by atoms with E-state index in [4.69, 9.17) is 11.6 Å². The Bertz CT molecular complexity index is 329. The Morgan fingerprint density at radius 2 is 2.07 bits per heavy atom. The van der Waals surface area contributed by atoms with Gasteiger partial charge in [0, 0.05) is 6.04 Å². The SMILES string of the molecule is Cc1cccc(NC2CC(C)C2)c1Cl. The Hall–Kier alpha value is -0.690. The van der Waals surface area contributed by atoms with Gasteiger partial charge >= 0.3 is 0 Å². The van der Waals surface area contributed by atoms with Gasteiger partial charge in [0.1, 0.15) is 0 Å². The zero-order valence-electron chi connectivity index (χ0n) is 8.68. The first-order chi connectivity index (χ1) is 6.66. The molecule has 0 atom stereocenters. The van der Waals surface area contributed by atoms with Crippen molar-refractivity contribution in [3.8, 4) is 0 Å². The molecule has 1 fully saturated rings. The van der Waals surface area contributed by atoms with Gasteiger partial charge in [-0.3, -0.25) is 0 Å². The maximum absolute atomic E-state index is 6.19. The second-order valence-electron chi connectivity index (χ2n) is 4.35. The molecule has 0 amide bonds. The van der Waals surface area contributed by atoms with Crippen molar-refractivity contribution in [2.45, 2.75) is 32.7 Å². The van der Waals surface area contributed by atoms with Crippen LogP contribution in [-0.2, 0) is 0 Å². The second kappa shape index (κ2) is 3.82. The summed E-state index contributed by atoms with van der Waals surface area (Å²) in [5.41, 5.74) is 2.23. The summed E-state index contributed by atoms with van der Waals surface area (Å²) in [7, 11) is 0. The number of aryl methyl sites for hydroxylation is 1. The van der Waals surface area contributed by atoms with Crippen molar-refractivity contribution >= 4 is 17.3 Å². The van der Waals surface area contributed by atoms with E-state index in [0.29, 0.717) is 6.04 Å². The zero-order valence-corrected chi connectivity index (χ0v) is 9.43. The zero-order chi connectivity index (χ0) is 10.1. The van der Waals surface area contributed by atoms with Crippen LogP contribution in [0.1, 0.15) is 25.3 Å². The second-order valence-corrected chi connectivity index (χ2v) is 4.73. The van der Waals surface area contributed by atoms with Crippen LogP contribution < -0.4 is 5.32 Å². The maximum atomic E-state index is 6.19. The first-order valence-electron chi connectivity index (χ1n) is 5.18. The van der Waals surface area contributed by atoms with Crippen molar-refractivity contribution in [3.05, 3.63) is 28.8 Å². The minimum absolute atomic E-state index is 0.629. The van der Waals surface area contributed by atoms with E-state index in [1.54, 1.807) is 0 Å². The maximum Gasteiger partial charge on any atom is 0.0666 e. The molecular weight excluding hydrogens is 194 g/mol. The molecule has 1 aromatic carbocycles. The fourth-order valence-corrected chi connectivity index (χ4v) is 2.18. The molecule has 0 saturated heterocycles. The third-order valence-corrected chi connectivity index (χ3v) is 3.43. The van der Waals surface area contributed by atoms with Crippen molar-refractivity contribution < 1.29 is 0 Å². The molecule has 1 aliphatic carbocycles. The van der Waals surface area contributed by atoms with Gasteiger partial charge in [0.15, 0.2) is 0 Å². The van der Waals surface area contributed by atoms with Crippen molar-refractivity contribution in [3.63, 3.8) is 0 Å². The summed E-state index contributed by atoms with van der Waals surface area (Å²) in [6.07, 6.45) is 2.54. The number of hydrogen-bond donors (Lipinski definition) is 1. The Morgan fingerprint density at radius 3 is 2.71 bits per heavy atom. The van der Waals surface area contributed by atoms with E-state index in [0.717, 1.165) is 22.2 Å². The number of halogens is 1. The van der Waals surface area contributed by atoms with Crippen LogP contribution in [0.5, 0.6) is 0 Å². The minimum atomic E-state index is 0.629. The van der Waals surface area contributed by atoms with Crippen LogP contribution in [0, 0.1) is 12.8 Å². The van der Waals surface area contributed by atoms with Crippen LogP contribution in [0.25, 0.3) is 0 Å². The predicted octanol–water partition coefficient (Wildman–Crippen LogP) is 3.86. The average Bonchev–Trinajstić information content (AvgIpc) is 2.10. The molecule has 0 aliphatic heterocycles. The van der Waals surface area contributed by atoms with Crippen molar-refractivity contribution in [2.24, 2.45) is 5.92 Å². The highest BCUT2D eigenvalue weighted by molar-refractivity contribution is 6.34. The molecule has 1 saturated carbocycles. The van der Waals surface area contributed by atoms with E-state index >= 15 is 0 Å². The molecule has 1 aliphatic rings. The number of benzene rings is 1. The molecule has 0 unspecified atom stereocenters. The largest absolute Gasteiger partial charge is 0.381 e. The molecule has 2 rings (SSSR count). The van der Waals surface area contributed by atoms with Crippen molar-refractivity contribution in [2.75, 3.05) is 5.32 Å². The summed E-state index contributed by atoms with van der Waals surface area (Å²) in [5.74, 6) is 0.871. The van der Waals surface area contributed by atoms with E-state index in [-0.39, 0.29) is 0 Å². The van der Waals surface area contributed by atoms with Gasteiger partial charge in [-0.1, -0.05) is 30.7 Å². The number of rotatable bonds is 2. The lowest BCUT2D eigenvalue weighted by atomic mass is 9.82. The molecule has 1 aromatic rings. The Morgan fingerprint density at radius 1 is 1.36 bits per heavy atom. The minimum Gasteiger partial charge on any atom is -0.381 e. The fourth-order valence-electron chi connectivity index (χ4n) is 2.00. The first-order valence-corrected chi connectivity index (χ1v) is 5.56. The molecule has 0 aromatic heterocycles. The topological polar surface area (TPSA) is 12.0 Å². The average molecular weight is 210 g/mol. The summed E-state index contributed by atoms with van der Waals surface area (Å²) in [4.78, 5) is 0. The third kappa shape index (κ3) is 1.88. The lowest BCUT2D eigenvalue weighted by Crippen LogP contribution is -2.33. The summed E-state index contributed by atoms with van der Waals surface area (Å²) in [6, 6.07) is 6.77. The number of nitrogens with one attached hydrogen (secondary N) is 1. The molecular formula is C12H16ClN. The van der Waals surface area contributed by atoms with Crippen molar-refractivity contribution in [1.29, 1.82) is 0 Å². The fraction of sp³-hybridized carbons (Fsp3) is 0.500. The standard InChI is InChI=1S/C12H16ClN/c1-8-6-10(7-8)14-11-5-3-4-9(2)12(11)13/h3-5,8,10,14H,6-7H2,1-2H3. The number of hydrogen-bond acceptors (Lipinski definition) is 1. The smallest absolute Gasteiger partial charge is 0.0666 e. The molecule has 0 spiro atoms. The molecule has 14 heavy (non-hydrogen) atoms. The number of anilines is 1. The van der Waals surface area contributed by atoms with Gasteiger partial charge in [-0.05, 0) is 37.3 Å². The van der Waals surface area contributed by atoms with Crippen LogP contribution in [0.2, 0.25) is 5.02 Å². The Balaban J connectivity index is 2.06. The summed E-state index contributed by atoms with van der Waals surface area (Å²) in [5, 5.41) is 4.35. The summed E-state index contributed by atoms with van der Waals surface area (Å²) in [6.45, 7) is 4.33. The Kier molecular flexibility index (Phi) is 2.69. The molecule has 0 heterocycles. The lowest BCUT2D eigenvalue weighted by molar-refractivity contribution is 0.309. The predicted molar refractivity (Wildman–Crippen MR) is 62.0 cm³/mol. The van der Waals surface area contributed by atoms with Gasteiger partial charge in [-0.15, -0.1) is 0 Å². The highest BCUT2D eigenvalue weighted by Crippen LogP contribution is 2.32. The molecule has 1 nitrogen and oxygen atoms in total. The summed E-state index contributed by atoms with van der Waals surface area (Å²) < 4.78 is 0. The van der Waals surface area contributed by atoms with Crippen LogP contribution >= 0.6 is 11.6 Å². The quantitative estimate of drug-likeness (QED) is 0.780. The first kappa shape index (κ1) is 9.85. The normalized spacial score (nSPS) is 25.6. The van der Waals surface area contributed by atoms with Crippen LogP contribution in [0.3, 0.4) is 0 Å². The highest BCUT2D eigenvalue weighted by Gasteiger charge is 2.25. The monoisotopic (exact) mass is 209 g/mol. The van der Waals surface area contributed by atoms with Gasteiger partial charge in [0.2, 0.25) is 0 Å². The molecule has 0 bridgehead atoms. The third-order valence-electron chi connectivity index (χ3n) is 2.93. The van der Waals surface area contributed by atoms with Gasteiger partial charge in [0.05, 0.1) is 10.7 Å². The van der Waals surface area contributed by atoms with Gasteiger partial charge in [-0.25, -0.2) is 0 Å². The molecule has 2 heteroatoms. The summed E-state index contributed by atoms with van der Waals surface area (Å²) >= 11 is 6.19. The van der Waals surface area contributed by atoms with Gasteiger partial charge < -0.3 is 5.32 Å². The van der Waals surface area contributed by atoms with E-state index in [9.17, 15) is 0 Å². The molecule has 76 valence electrons. The van der Waals surface area contributed by atoms with Crippen molar-refractivity contribution in [1.82, 2.24) is 0 Å². The van der Waals surface area contributed by atoms with Crippen LogP contribution in [-0.4, -0.2) is 6.04 Å². The lowest BCUT2D eigenvalue weighted by Gasteiger charge is -2.34. The van der Waals surface area contributed by atoms with Crippen LogP contribution in [0.15, 0.2) is 18.2 Å². The van der Waals surface area contributed by atoms with Crippen LogP contribution in [0.4, 0.5) is 5.69 Å². The van der Waals surface area contributed by atoms with E-state index in [1.165, 1.54) is 12.8 Å². The van der Waals surface area contributed by atoms with E-state index < -0.39 is 0 Å². The van der Waals surface area contributed by atoms with Gasteiger partial charge in [0.25, 0.3) is 0 Å². The molecule has 0 radical (unpaired) electrons. The highest BCUT2D eigenvalue weighted by atomic mass is 35.5. The van der Waals surface area contributed by atoms with E-state index in [1.807, 2.05) is 19.1 Å². The van der Waals surface area contributed by atoms with Gasteiger partial charge in [-0.2, -0.15) is 0 Å². The Labute approximate surface area is 90.5 Å².